The van der Waals surface area contributed by atoms with Crippen molar-refractivity contribution in [3.8, 4) is 0 Å². The van der Waals surface area contributed by atoms with E-state index in [1.807, 2.05) is 0 Å². The summed E-state index contributed by atoms with van der Waals surface area (Å²) in [5.74, 6) is 0. The van der Waals surface area contributed by atoms with Crippen LogP contribution in [0, 0.1) is 0 Å². The molecule has 1 heterocycles. The van der Waals surface area contributed by atoms with Gasteiger partial charge in [0.05, 0.1) is 26.7 Å². The molecular weight excluding hydrogens is 320 g/mol. The van der Waals surface area contributed by atoms with Gasteiger partial charge in [-0.2, -0.15) is 0 Å². The summed E-state index contributed by atoms with van der Waals surface area (Å²) in [7, 11) is -6.51. The quantitative estimate of drug-likeness (QED) is 0.354. The van der Waals surface area contributed by atoms with Gasteiger partial charge in [0.1, 0.15) is 0 Å². The van der Waals surface area contributed by atoms with Gasteiger partial charge in [-0.15, -0.1) is 0 Å². The summed E-state index contributed by atoms with van der Waals surface area (Å²) in [5, 5.41) is 6.54. The van der Waals surface area contributed by atoms with Gasteiger partial charge < -0.3 is 29.2 Å². The molecule has 1 unspecified atom stereocenters. The van der Waals surface area contributed by atoms with Gasteiger partial charge in [-0.3, -0.25) is 9.13 Å². The minimum atomic E-state index is -5.32. The van der Waals surface area contributed by atoms with Gasteiger partial charge in [0, 0.05) is 6.42 Å². The van der Waals surface area contributed by atoms with Crippen molar-refractivity contribution in [3.63, 3.8) is 0 Å². The lowest BCUT2D eigenvalue weighted by Crippen LogP contribution is -2.51. The highest BCUT2D eigenvalue weighted by Crippen LogP contribution is 2.69. The second-order valence-electron chi connectivity index (χ2n) is 6.41. The molecule has 1 aliphatic heterocycles. The van der Waals surface area contributed by atoms with Crippen LogP contribution in [0.5, 0.6) is 0 Å². The van der Waals surface area contributed by atoms with Crippen molar-refractivity contribution in [1.29, 1.82) is 0 Å². The maximum absolute atomic E-state index is 11.3. The van der Waals surface area contributed by atoms with Gasteiger partial charge in [0.25, 0.3) is 5.08 Å². The van der Waals surface area contributed by atoms with E-state index in [2.05, 4.69) is 14.1 Å². The van der Waals surface area contributed by atoms with E-state index >= 15 is 0 Å². The van der Waals surface area contributed by atoms with E-state index in [1.54, 1.807) is 0 Å². The summed E-state index contributed by atoms with van der Waals surface area (Å²) < 4.78 is 23.3. The molecule has 8 nitrogen and oxygen atoms in total. The molecule has 0 aromatic carbocycles. The lowest BCUT2D eigenvalue weighted by atomic mass is 9.95. The smallest absolute Gasteiger partial charge is 0.368 e. The van der Waals surface area contributed by atoms with Crippen LogP contribution in [0.4, 0.5) is 0 Å². The Morgan fingerprint density at radius 1 is 1.10 bits per heavy atom. The summed E-state index contributed by atoms with van der Waals surface area (Å²) >= 11 is 0. The molecule has 10 heteroatoms. The molecule has 1 saturated heterocycles. The number of hydrogen-bond donors (Lipinski definition) is 5. The first-order valence-electron chi connectivity index (χ1n) is 6.97. The summed E-state index contributed by atoms with van der Waals surface area (Å²) in [6.45, 7) is 1.01. The summed E-state index contributed by atoms with van der Waals surface area (Å²) in [5.41, 5.74) is 0. The first-order valence-corrected chi connectivity index (χ1v) is 10.2. The molecule has 1 atom stereocenters. The van der Waals surface area contributed by atoms with Crippen LogP contribution in [0.2, 0.25) is 0 Å². The van der Waals surface area contributed by atoms with Crippen LogP contribution in [-0.2, 0) is 9.13 Å². The fourth-order valence-corrected chi connectivity index (χ4v) is 5.22. The van der Waals surface area contributed by atoms with E-state index in [9.17, 15) is 14.2 Å². The Morgan fingerprint density at radius 3 is 2.05 bits per heavy atom. The molecule has 0 radical (unpaired) electrons. The average molecular weight is 346 g/mol. The Labute approximate surface area is 124 Å². The molecule has 1 aliphatic rings. The Bertz CT molecular complexity index is 433. The molecule has 5 N–H and O–H groups in total. The molecule has 0 spiro atoms. The van der Waals surface area contributed by atoms with Crippen molar-refractivity contribution in [2.75, 3.05) is 20.6 Å². The minimum Gasteiger partial charge on any atom is -0.368 e. The number of nitrogens with zero attached hydrogens (tertiary/aromatic N) is 1. The molecule has 0 bridgehead atoms. The predicted octanol–water partition coefficient (Wildman–Crippen LogP) is 0.787. The van der Waals surface area contributed by atoms with Gasteiger partial charge >= 0.3 is 15.2 Å². The van der Waals surface area contributed by atoms with Crippen molar-refractivity contribution in [2.24, 2.45) is 0 Å². The number of aliphatic hydroxyl groups is 1. The van der Waals surface area contributed by atoms with Crippen LogP contribution >= 0.6 is 15.2 Å². The average Bonchev–Trinajstić information content (AvgIpc) is 2.27. The Balaban J connectivity index is 2.72. The second kappa shape index (κ2) is 6.38. The number of likely N-dealkylation sites (tertiary alicyclic amines) is 1. The fraction of sp³-hybridized carbons (Fsp3) is 1.00. The lowest BCUT2D eigenvalue weighted by Gasteiger charge is -2.42. The number of quaternary nitrogens is 1. The molecular formula is C11H26NO7P2+. The SMILES string of the molecule is C[N+]1(C)CCCCC1CCCC(O)(P(=O)(O)O)P(=O)(O)O. The zero-order valence-corrected chi connectivity index (χ0v) is 14.2. The van der Waals surface area contributed by atoms with Gasteiger partial charge in [0.15, 0.2) is 0 Å². The van der Waals surface area contributed by atoms with Gasteiger partial charge in [-0.05, 0) is 32.1 Å². The van der Waals surface area contributed by atoms with Crippen LogP contribution in [0.25, 0.3) is 0 Å². The number of hydrogen-bond acceptors (Lipinski definition) is 3. The van der Waals surface area contributed by atoms with Crippen molar-refractivity contribution in [2.45, 2.75) is 49.6 Å². The van der Waals surface area contributed by atoms with Crippen molar-refractivity contribution < 1.29 is 38.3 Å². The standard InChI is InChI=1S/C11H25NO7P2/c1-12(2)9-4-3-6-10(12)7-5-8-11(13,20(14,15)16)21(17,18)19/h10,13H,3-9H2,1-2H3,(H3-,14,15,16,17,18,19)/p+1. The Morgan fingerprint density at radius 2 is 1.62 bits per heavy atom. The largest absolute Gasteiger partial charge is 0.369 e. The van der Waals surface area contributed by atoms with E-state index in [0.29, 0.717) is 6.42 Å². The third-order valence-corrected chi connectivity index (χ3v) is 8.37. The zero-order chi connectivity index (χ0) is 16.5. The highest BCUT2D eigenvalue weighted by molar-refractivity contribution is 7.72. The fourth-order valence-electron chi connectivity index (χ4n) is 2.96. The first kappa shape index (κ1) is 19.3. The molecule has 126 valence electrons. The normalized spacial score (nSPS) is 24.0. The molecule has 0 aliphatic carbocycles. The maximum Gasteiger partial charge on any atom is 0.369 e. The monoisotopic (exact) mass is 346 g/mol. The first-order chi connectivity index (χ1) is 9.31. The number of rotatable bonds is 6. The van der Waals surface area contributed by atoms with Crippen LogP contribution < -0.4 is 0 Å². The topological polar surface area (TPSA) is 135 Å². The van der Waals surface area contributed by atoms with E-state index < -0.39 is 26.7 Å². The van der Waals surface area contributed by atoms with Crippen molar-refractivity contribution >= 4 is 15.2 Å². The van der Waals surface area contributed by atoms with Crippen molar-refractivity contribution in [1.82, 2.24) is 0 Å². The van der Waals surface area contributed by atoms with E-state index in [4.69, 9.17) is 19.6 Å². The summed E-state index contributed by atoms with van der Waals surface area (Å²) in [6.07, 6.45) is 3.27. The molecule has 21 heavy (non-hydrogen) atoms. The highest BCUT2D eigenvalue weighted by atomic mass is 31.2. The molecule has 0 amide bonds. The second-order valence-corrected chi connectivity index (χ2v) is 10.4. The van der Waals surface area contributed by atoms with Crippen LogP contribution in [0.3, 0.4) is 0 Å². The van der Waals surface area contributed by atoms with Gasteiger partial charge in [0.2, 0.25) is 0 Å². The molecule has 0 aromatic heterocycles. The highest BCUT2D eigenvalue weighted by Gasteiger charge is 2.58. The third kappa shape index (κ3) is 4.36. The van der Waals surface area contributed by atoms with Crippen LogP contribution in [0.15, 0.2) is 0 Å². The van der Waals surface area contributed by atoms with E-state index in [1.165, 1.54) is 0 Å². The van der Waals surface area contributed by atoms with E-state index in [0.717, 1.165) is 30.3 Å². The van der Waals surface area contributed by atoms with Crippen LogP contribution in [-0.4, -0.2) is 60.9 Å². The van der Waals surface area contributed by atoms with Gasteiger partial charge in [-0.1, -0.05) is 0 Å². The third-order valence-electron chi connectivity index (χ3n) is 4.49. The zero-order valence-electron chi connectivity index (χ0n) is 12.4. The maximum atomic E-state index is 11.3. The molecule has 0 aromatic rings. The molecule has 1 rings (SSSR count). The van der Waals surface area contributed by atoms with Gasteiger partial charge in [-0.25, -0.2) is 0 Å². The predicted molar refractivity (Wildman–Crippen MR) is 77.5 cm³/mol. The summed E-state index contributed by atoms with van der Waals surface area (Å²) in [4.78, 5) is 36.3. The number of piperidine rings is 1. The van der Waals surface area contributed by atoms with E-state index in [-0.39, 0.29) is 12.5 Å². The Hall–Kier alpha value is 0.220. The minimum absolute atomic E-state index is 0.152. The van der Waals surface area contributed by atoms with Crippen LogP contribution in [0.1, 0.15) is 38.5 Å². The summed E-state index contributed by atoms with van der Waals surface area (Å²) in [6, 6.07) is 0.275. The molecule has 0 saturated carbocycles. The van der Waals surface area contributed by atoms with Crippen molar-refractivity contribution in [3.05, 3.63) is 0 Å². The Kier molecular flexibility index (Phi) is 5.85. The molecule has 1 fully saturated rings. The lowest BCUT2D eigenvalue weighted by molar-refractivity contribution is -0.920.